The molecule has 0 bridgehead atoms. The van der Waals surface area contributed by atoms with Crippen LogP contribution in [0.15, 0.2) is 17.0 Å². The first kappa shape index (κ1) is 17.4. The van der Waals surface area contributed by atoms with E-state index in [9.17, 15) is 9.59 Å². The molecule has 0 radical (unpaired) electrons. The van der Waals surface area contributed by atoms with E-state index < -0.39 is 0 Å². The molecule has 2 aliphatic rings. The fourth-order valence-electron chi connectivity index (χ4n) is 3.79. The van der Waals surface area contributed by atoms with Crippen LogP contribution in [0.3, 0.4) is 0 Å². The predicted molar refractivity (Wildman–Crippen MR) is 101 cm³/mol. The smallest absolute Gasteiger partial charge is 0.290 e. The number of imide groups is 1. The van der Waals surface area contributed by atoms with E-state index in [0.29, 0.717) is 15.8 Å². The minimum Gasteiger partial charge on any atom is -0.366 e. The van der Waals surface area contributed by atoms with Crippen molar-refractivity contribution in [2.45, 2.75) is 45.6 Å². The molecule has 6 heteroatoms. The number of anilines is 1. The number of rotatable bonds is 2. The number of nitrogens with one attached hydrogen (secondary N) is 1. The van der Waals surface area contributed by atoms with E-state index >= 15 is 0 Å². The number of benzene rings is 1. The summed E-state index contributed by atoms with van der Waals surface area (Å²) < 4.78 is 0. The Kier molecular flexibility index (Phi) is 4.43. The van der Waals surface area contributed by atoms with Crippen molar-refractivity contribution in [3.63, 3.8) is 0 Å². The average Bonchev–Trinajstić information content (AvgIpc) is 2.78. The summed E-state index contributed by atoms with van der Waals surface area (Å²) in [7, 11) is 0. The maximum Gasteiger partial charge on any atom is 0.290 e. The van der Waals surface area contributed by atoms with Crippen LogP contribution in [0.25, 0.3) is 6.08 Å². The standard InChI is InChI=1S/C18H21ClN2O2S/c1-5-21-14-8-13(19)11(7-15-16(22)20-17(23)24-15)6-12(14)10(2)9-18(21,3)4/h6-8,10H,5,9H2,1-4H3,(H,20,22,23)/b15-7-. The Bertz CT molecular complexity index is 758. The van der Waals surface area contributed by atoms with Crippen LogP contribution >= 0.6 is 23.4 Å². The van der Waals surface area contributed by atoms with E-state index in [2.05, 4.69) is 44.0 Å². The topological polar surface area (TPSA) is 49.4 Å². The molecule has 1 atom stereocenters. The van der Waals surface area contributed by atoms with Crippen LogP contribution in [0.1, 0.15) is 51.2 Å². The highest BCUT2D eigenvalue weighted by molar-refractivity contribution is 8.18. The maximum absolute atomic E-state index is 11.8. The van der Waals surface area contributed by atoms with Crippen molar-refractivity contribution in [2.75, 3.05) is 11.4 Å². The van der Waals surface area contributed by atoms with E-state index in [1.807, 2.05) is 6.07 Å². The minimum absolute atomic E-state index is 0.0814. The fourth-order valence-corrected chi connectivity index (χ4v) is 4.68. The zero-order valence-corrected chi connectivity index (χ0v) is 15.8. The zero-order valence-electron chi connectivity index (χ0n) is 14.3. The molecule has 128 valence electrons. The van der Waals surface area contributed by atoms with Gasteiger partial charge in [-0.05, 0) is 74.2 Å². The maximum atomic E-state index is 11.8. The van der Waals surface area contributed by atoms with Crippen molar-refractivity contribution in [1.82, 2.24) is 5.32 Å². The summed E-state index contributed by atoms with van der Waals surface area (Å²) in [6.07, 6.45) is 2.76. The van der Waals surface area contributed by atoms with E-state index in [-0.39, 0.29) is 16.7 Å². The van der Waals surface area contributed by atoms with Gasteiger partial charge in [-0.15, -0.1) is 0 Å². The van der Waals surface area contributed by atoms with Crippen LogP contribution in [-0.2, 0) is 4.79 Å². The van der Waals surface area contributed by atoms with Crippen molar-refractivity contribution >= 4 is 46.3 Å². The lowest BCUT2D eigenvalue weighted by Gasteiger charge is -2.47. The first-order chi connectivity index (χ1) is 11.2. The second-order valence-electron chi connectivity index (χ2n) is 6.95. The highest BCUT2D eigenvalue weighted by Gasteiger charge is 2.36. The molecule has 1 saturated heterocycles. The van der Waals surface area contributed by atoms with E-state index in [0.717, 1.165) is 36.0 Å². The molecule has 1 unspecified atom stereocenters. The molecule has 1 aromatic rings. The van der Waals surface area contributed by atoms with Gasteiger partial charge in [0.15, 0.2) is 0 Å². The Morgan fingerprint density at radius 1 is 1.42 bits per heavy atom. The van der Waals surface area contributed by atoms with Crippen molar-refractivity contribution in [3.8, 4) is 0 Å². The summed E-state index contributed by atoms with van der Waals surface area (Å²) in [5.41, 5.74) is 3.26. The molecular weight excluding hydrogens is 344 g/mol. The number of carbonyl (C=O) groups is 2. The van der Waals surface area contributed by atoms with Gasteiger partial charge in [0.05, 0.1) is 4.91 Å². The summed E-state index contributed by atoms with van der Waals surface area (Å²) in [6.45, 7) is 9.79. The van der Waals surface area contributed by atoms with Crippen molar-refractivity contribution in [2.24, 2.45) is 0 Å². The molecular formula is C18H21ClN2O2S. The fraction of sp³-hybridized carbons (Fsp3) is 0.444. The van der Waals surface area contributed by atoms with E-state index in [4.69, 9.17) is 11.6 Å². The van der Waals surface area contributed by atoms with Gasteiger partial charge in [-0.25, -0.2) is 0 Å². The number of fused-ring (bicyclic) bond motifs is 1. The Hall–Kier alpha value is -1.46. The third-order valence-electron chi connectivity index (χ3n) is 4.75. The normalized spacial score (nSPS) is 24.3. The molecule has 2 amide bonds. The van der Waals surface area contributed by atoms with Gasteiger partial charge in [0.25, 0.3) is 11.1 Å². The summed E-state index contributed by atoms with van der Waals surface area (Å²) >= 11 is 7.40. The number of nitrogens with zero attached hydrogens (tertiary/aromatic N) is 1. The molecule has 0 aromatic heterocycles. The van der Waals surface area contributed by atoms with Crippen LogP contribution in [0.2, 0.25) is 5.02 Å². The van der Waals surface area contributed by atoms with Gasteiger partial charge in [-0.2, -0.15) is 0 Å². The second kappa shape index (κ2) is 6.12. The minimum atomic E-state index is -0.358. The average molecular weight is 365 g/mol. The van der Waals surface area contributed by atoms with Crippen LogP contribution < -0.4 is 10.2 Å². The van der Waals surface area contributed by atoms with Gasteiger partial charge >= 0.3 is 0 Å². The first-order valence-electron chi connectivity index (χ1n) is 8.09. The lowest BCUT2D eigenvalue weighted by Crippen LogP contribution is -2.48. The Morgan fingerprint density at radius 2 is 2.12 bits per heavy atom. The number of thioether (sulfide) groups is 1. The number of hydrogen-bond acceptors (Lipinski definition) is 4. The largest absolute Gasteiger partial charge is 0.366 e. The van der Waals surface area contributed by atoms with Gasteiger partial charge in [-0.3, -0.25) is 14.9 Å². The third-order valence-corrected chi connectivity index (χ3v) is 5.89. The highest BCUT2D eigenvalue weighted by Crippen LogP contribution is 2.45. The van der Waals surface area contributed by atoms with Gasteiger partial charge < -0.3 is 4.90 Å². The monoisotopic (exact) mass is 364 g/mol. The van der Waals surface area contributed by atoms with Gasteiger partial charge in [0, 0.05) is 22.8 Å². The Labute approximate surface area is 151 Å². The van der Waals surface area contributed by atoms with Crippen LogP contribution in [-0.4, -0.2) is 23.2 Å². The molecule has 2 aliphatic heterocycles. The zero-order chi connectivity index (χ0) is 17.6. The molecule has 24 heavy (non-hydrogen) atoms. The van der Waals surface area contributed by atoms with Crippen molar-refractivity contribution in [1.29, 1.82) is 0 Å². The molecule has 1 fully saturated rings. The molecule has 2 heterocycles. The SMILES string of the molecule is CCN1c2cc(Cl)c(/C=C3\SC(=O)NC3=O)cc2C(C)CC1(C)C. The van der Waals surface area contributed by atoms with Gasteiger partial charge in [0.1, 0.15) is 0 Å². The Morgan fingerprint density at radius 3 is 2.71 bits per heavy atom. The van der Waals surface area contributed by atoms with Crippen LogP contribution in [0.5, 0.6) is 0 Å². The predicted octanol–water partition coefficient (Wildman–Crippen LogP) is 4.78. The highest BCUT2D eigenvalue weighted by atomic mass is 35.5. The lowest BCUT2D eigenvalue weighted by molar-refractivity contribution is -0.115. The summed E-state index contributed by atoms with van der Waals surface area (Å²) in [5, 5.41) is 2.52. The second-order valence-corrected chi connectivity index (χ2v) is 8.37. The molecule has 0 saturated carbocycles. The number of carbonyl (C=O) groups excluding carboxylic acids is 2. The van der Waals surface area contributed by atoms with Gasteiger partial charge in [0.2, 0.25) is 0 Å². The van der Waals surface area contributed by atoms with E-state index in [1.165, 1.54) is 5.56 Å². The molecule has 4 nitrogen and oxygen atoms in total. The van der Waals surface area contributed by atoms with Crippen molar-refractivity contribution < 1.29 is 9.59 Å². The molecule has 0 spiro atoms. The molecule has 1 N–H and O–H groups in total. The van der Waals surface area contributed by atoms with E-state index in [1.54, 1.807) is 6.08 Å². The lowest BCUT2D eigenvalue weighted by atomic mass is 9.79. The summed E-state index contributed by atoms with van der Waals surface area (Å²) in [6, 6.07) is 4.05. The Balaban J connectivity index is 2.08. The molecule has 1 aromatic carbocycles. The third kappa shape index (κ3) is 2.95. The number of halogens is 1. The van der Waals surface area contributed by atoms with Crippen molar-refractivity contribution in [3.05, 3.63) is 33.2 Å². The number of hydrogen-bond donors (Lipinski definition) is 1. The molecule has 3 rings (SSSR count). The first-order valence-corrected chi connectivity index (χ1v) is 9.28. The van der Waals surface area contributed by atoms with Crippen LogP contribution in [0.4, 0.5) is 10.5 Å². The quantitative estimate of drug-likeness (QED) is 0.767. The summed E-state index contributed by atoms with van der Waals surface area (Å²) in [4.78, 5) is 25.9. The molecule has 0 aliphatic carbocycles. The number of amides is 2. The summed E-state index contributed by atoms with van der Waals surface area (Å²) in [5.74, 6) is 0.0436. The van der Waals surface area contributed by atoms with Crippen LogP contribution in [0, 0.1) is 0 Å². The van der Waals surface area contributed by atoms with Gasteiger partial charge in [-0.1, -0.05) is 18.5 Å².